The van der Waals surface area contributed by atoms with Crippen LogP contribution in [0.3, 0.4) is 0 Å². The summed E-state index contributed by atoms with van der Waals surface area (Å²) in [5, 5.41) is 9.25. The van der Waals surface area contributed by atoms with Gasteiger partial charge in [-0.15, -0.1) is 0 Å². The lowest BCUT2D eigenvalue weighted by Gasteiger charge is -2.41. The van der Waals surface area contributed by atoms with Crippen LogP contribution in [0.15, 0.2) is 107 Å². The summed E-state index contributed by atoms with van der Waals surface area (Å²) in [6, 6.07) is 25.8. The highest BCUT2D eigenvalue weighted by Crippen LogP contribution is 2.46. The van der Waals surface area contributed by atoms with E-state index in [-0.39, 0.29) is 28.0 Å². The summed E-state index contributed by atoms with van der Waals surface area (Å²) < 4.78 is 34.1. The van der Waals surface area contributed by atoms with Crippen molar-refractivity contribution in [1.82, 2.24) is 9.55 Å². The van der Waals surface area contributed by atoms with E-state index in [0.29, 0.717) is 29.4 Å². The molecule has 0 unspecified atom stereocenters. The fourth-order valence-corrected chi connectivity index (χ4v) is 7.65. The lowest BCUT2D eigenvalue weighted by molar-refractivity contribution is -0.133. The van der Waals surface area contributed by atoms with Crippen LogP contribution in [-0.4, -0.2) is 63.6 Å². The Hall–Kier alpha value is -4.26. The minimum absolute atomic E-state index is 0.0396. The quantitative estimate of drug-likeness (QED) is 0.0436. The second-order valence-electron chi connectivity index (χ2n) is 15.1. The van der Waals surface area contributed by atoms with Gasteiger partial charge in [0.2, 0.25) is 9.76 Å². The number of hydrogen-bond acceptors (Lipinski definition) is 8. The van der Waals surface area contributed by atoms with Crippen molar-refractivity contribution >= 4 is 9.76 Å². The molecular weight excluding hydrogens is 713 g/mol. The Bertz CT molecular complexity index is 1910. The van der Waals surface area contributed by atoms with Crippen LogP contribution < -0.4 is 20.7 Å². The summed E-state index contributed by atoms with van der Waals surface area (Å²) in [6.07, 6.45) is 8.02. The Labute approximate surface area is 327 Å². The monoisotopic (exact) mass is 768 g/mol. The number of nitrogens with one attached hydrogen (secondary N) is 1. The average molecular weight is 769 g/mol. The van der Waals surface area contributed by atoms with Crippen LogP contribution in [0.5, 0.6) is 11.5 Å². The Morgan fingerprint density at radius 1 is 0.927 bits per heavy atom. The molecular formula is C44H56N2O8Si. The van der Waals surface area contributed by atoms with Crippen LogP contribution in [0.4, 0.5) is 0 Å². The summed E-state index contributed by atoms with van der Waals surface area (Å²) in [7, 11) is 3.41. The number of unbranched alkanes of at least 4 members (excludes halogenated alkanes) is 3. The topological polar surface area (TPSA) is 121 Å². The number of aryl methyl sites for hydroxylation is 1. The molecule has 0 bridgehead atoms. The number of nitrogens with zero attached hydrogens (tertiary/aromatic N) is 1. The van der Waals surface area contributed by atoms with Crippen LogP contribution in [0.25, 0.3) is 0 Å². The van der Waals surface area contributed by atoms with Gasteiger partial charge in [-0.05, 0) is 78.1 Å². The highest BCUT2D eigenvalue weighted by Gasteiger charge is 2.52. The molecule has 11 heteroatoms. The van der Waals surface area contributed by atoms with Gasteiger partial charge in [0, 0.05) is 24.8 Å². The maximum absolute atomic E-state index is 13.3. The van der Waals surface area contributed by atoms with Gasteiger partial charge in [0.1, 0.15) is 28.9 Å². The van der Waals surface area contributed by atoms with Crippen molar-refractivity contribution < 1.29 is 28.5 Å². The van der Waals surface area contributed by atoms with Crippen LogP contribution in [0, 0.1) is 12.8 Å². The van der Waals surface area contributed by atoms with E-state index in [0.717, 1.165) is 42.4 Å². The van der Waals surface area contributed by atoms with Crippen LogP contribution in [0.1, 0.15) is 88.3 Å². The minimum Gasteiger partial charge on any atom is -0.497 e. The number of benzene rings is 3. The van der Waals surface area contributed by atoms with E-state index in [1.807, 2.05) is 72.8 Å². The molecule has 2 radical (unpaired) electrons. The molecule has 1 fully saturated rings. The molecule has 0 saturated carbocycles. The van der Waals surface area contributed by atoms with Crippen molar-refractivity contribution in [3.05, 3.63) is 140 Å². The molecule has 4 aromatic rings. The van der Waals surface area contributed by atoms with Crippen molar-refractivity contribution in [2.24, 2.45) is 5.92 Å². The molecule has 1 saturated heterocycles. The van der Waals surface area contributed by atoms with E-state index in [1.165, 1.54) is 4.57 Å². The van der Waals surface area contributed by atoms with Gasteiger partial charge in [0.05, 0.1) is 26.9 Å². The standard InChI is InChI=1S/C44H56N2O8Si/c1-31(2)42(4,5)55-54-38-28-39(46-29-32(3)40(48)45-41(46)49)53-43(38,26-14-9-8-10-15-27-47)30-52-44(33-16-12-11-13-17-33,34-18-22-36(50-6)23-19-34)35-20-24-37(51-7)25-21-35/h11-14,16-26,29,31,38-39,47H,8-10,15,27-28,30H2,1-7H3,(H,45,48,49)/t38-,39+,43+/m0/s1. The van der Waals surface area contributed by atoms with E-state index in [4.69, 9.17) is 23.4 Å². The number of aliphatic hydroxyl groups excluding tert-OH is 1. The molecule has 294 valence electrons. The molecule has 3 aromatic carbocycles. The number of ether oxygens (including phenoxy) is 4. The number of aromatic amines is 1. The zero-order valence-corrected chi connectivity index (χ0v) is 34.2. The van der Waals surface area contributed by atoms with Crippen molar-refractivity contribution in [3.63, 3.8) is 0 Å². The Balaban J connectivity index is 1.69. The first-order valence-electron chi connectivity index (χ1n) is 19.1. The van der Waals surface area contributed by atoms with Gasteiger partial charge in [-0.25, -0.2) is 4.79 Å². The second-order valence-corrected chi connectivity index (χ2v) is 16.8. The van der Waals surface area contributed by atoms with Crippen LogP contribution >= 0.6 is 0 Å². The zero-order valence-electron chi connectivity index (χ0n) is 33.2. The Kier molecular flexibility index (Phi) is 14.2. The van der Waals surface area contributed by atoms with Gasteiger partial charge in [-0.3, -0.25) is 14.3 Å². The first-order chi connectivity index (χ1) is 26.4. The predicted molar refractivity (Wildman–Crippen MR) is 216 cm³/mol. The smallest absolute Gasteiger partial charge is 0.330 e. The van der Waals surface area contributed by atoms with Crippen molar-refractivity contribution in [2.75, 3.05) is 27.4 Å². The van der Waals surface area contributed by atoms with Crippen molar-refractivity contribution in [1.29, 1.82) is 0 Å². The van der Waals surface area contributed by atoms with Crippen LogP contribution in [0.2, 0.25) is 5.04 Å². The SMILES string of the molecule is COc1ccc(C(OC[C@@]2(C=CCCCCCO)O[C@@H](n3cc(C)c(=O)[nH]c3=O)C[C@@H]2O[Si]C(C)(C)C(C)C)(c2ccccc2)c2ccc(OC)cc2)cc1. The molecule has 3 atom stereocenters. The van der Waals surface area contributed by atoms with Gasteiger partial charge in [-0.1, -0.05) is 101 Å². The third kappa shape index (κ3) is 9.59. The first-order valence-corrected chi connectivity index (χ1v) is 20.0. The van der Waals surface area contributed by atoms with Gasteiger partial charge in [0.15, 0.2) is 0 Å². The normalized spacial score (nSPS) is 19.0. The molecule has 0 amide bonds. The van der Waals surface area contributed by atoms with E-state index in [2.05, 4.69) is 50.9 Å². The molecule has 0 aliphatic carbocycles. The Morgan fingerprint density at radius 2 is 1.53 bits per heavy atom. The number of aliphatic hydroxyl groups is 1. The third-order valence-electron chi connectivity index (χ3n) is 10.8. The van der Waals surface area contributed by atoms with Crippen LogP contribution in [-0.2, 0) is 19.5 Å². The maximum Gasteiger partial charge on any atom is 0.330 e. The lowest BCUT2D eigenvalue weighted by Crippen LogP contribution is -2.48. The molecule has 10 nitrogen and oxygen atoms in total. The molecule has 5 rings (SSSR count). The van der Waals surface area contributed by atoms with E-state index in [9.17, 15) is 14.7 Å². The first kappa shape index (κ1) is 41.9. The molecule has 1 aliphatic heterocycles. The molecule has 1 aromatic heterocycles. The molecule has 2 heterocycles. The third-order valence-corrected chi connectivity index (χ3v) is 12.3. The van der Waals surface area contributed by atoms with Gasteiger partial charge < -0.3 is 28.5 Å². The molecule has 0 spiro atoms. The van der Waals surface area contributed by atoms with E-state index >= 15 is 0 Å². The number of allylic oxidation sites excluding steroid dienone is 1. The number of rotatable bonds is 19. The highest BCUT2D eigenvalue weighted by molar-refractivity contribution is 6.32. The zero-order chi connectivity index (χ0) is 39.6. The summed E-state index contributed by atoms with van der Waals surface area (Å²) in [4.78, 5) is 28.2. The predicted octanol–water partition coefficient (Wildman–Crippen LogP) is 7.50. The van der Waals surface area contributed by atoms with Crippen molar-refractivity contribution in [2.45, 2.75) is 95.3 Å². The number of H-pyrrole nitrogens is 1. The molecule has 55 heavy (non-hydrogen) atoms. The molecule has 1 aliphatic rings. The minimum atomic E-state index is -1.16. The summed E-state index contributed by atoms with van der Waals surface area (Å²) in [5.41, 5.74) is -0.247. The second kappa shape index (κ2) is 18.6. The van der Waals surface area contributed by atoms with E-state index < -0.39 is 34.8 Å². The molecule has 2 N–H and O–H groups in total. The number of hydrogen-bond donors (Lipinski definition) is 2. The maximum atomic E-state index is 13.3. The summed E-state index contributed by atoms with van der Waals surface area (Å²) in [6.45, 7) is 10.6. The Morgan fingerprint density at radius 3 is 2.09 bits per heavy atom. The van der Waals surface area contributed by atoms with Gasteiger partial charge in [0.25, 0.3) is 5.56 Å². The largest absolute Gasteiger partial charge is 0.497 e. The summed E-state index contributed by atoms with van der Waals surface area (Å²) in [5.74, 6) is 1.77. The van der Waals surface area contributed by atoms with E-state index in [1.54, 1.807) is 27.3 Å². The average Bonchev–Trinajstić information content (AvgIpc) is 3.55. The van der Waals surface area contributed by atoms with Gasteiger partial charge in [-0.2, -0.15) is 0 Å². The fraction of sp³-hybridized carbons (Fsp3) is 0.455. The van der Waals surface area contributed by atoms with Gasteiger partial charge >= 0.3 is 5.69 Å². The van der Waals surface area contributed by atoms with Crippen molar-refractivity contribution in [3.8, 4) is 11.5 Å². The fourth-order valence-electron chi connectivity index (χ4n) is 6.67. The number of aromatic nitrogens is 2. The number of methoxy groups -OCH3 is 2. The highest BCUT2D eigenvalue weighted by atomic mass is 28.2. The summed E-state index contributed by atoms with van der Waals surface area (Å²) >= 11 is 0. The lowest BCUT2D eigenvalue weighted by atomic mass is 9.79.